The van der Waals surface area contributed by atoms with Crippen LogP contribution >= 0.6 is 0 Å². The minimum absolute atomic E-state index is 0.0111. The Hall–Kier alpha value is -3.43. The molecule has 3 fully saturated rings. The van der Waals surface area contributed by atoms with E-state index in [9.17, 15) is 9.59 Å². The molecule has 2 saturated heterocycles. The van der Waals surface area contributed by atoms with Crippen molar-refractivity contribution in [3.8, 4) is 11.1 Å². The van der Waals surface area contributed by atoms with Crippen molar-refractivity contribution in [3.05, 3.63) is 65.9 Å². The molecule has 1 aromatic heterocycles. The lowest BCUT2D eigenvalue weighted by Crippen LogP contribution is -2.60. The van der Waals surface area contributed by atoms with Gasteiger partial charge in [-0.1, -0.05) is 18.2 Å². The molecule has 37 heavy (non-hydrogen) atoms. The summed E-state index contributed by atoms with van der Waals surface area (Å²) in [5, 5.41) is 0.923. The van der Waals surface area contributed by atoms with Gasteiger partial charge in [0.05, 0.1) is 23.2 Å². The SMILES string of the molecule is NC(=O)C(c1c(F)cc(-c2ccc3cccnc3c2)cc1F)N1CCC2(CC1)CN(C1CC1)C(=O)CO2. The first kappa shape index (κ1) is 23.9. The van der Waals surface area contributed by atoms with Crippen LogP contribution in [0.5, 0.6) is 0 Å². The number of primary amides is 1. The molecule has 192 valence electrons. The molecule has 2 aliphatic heterocycles. The summed E-state index contributed by atoms with van der Waals surface area (Å²) >= 11 is 0. The quantitative estimate of drug-likeness (QED) is 0.572. The molecular weight excluding hydrogens is 478 g/mol. The van der Waals surface area contributed by atoms with Gasteiger partial charge in [0.25, 0.3) is 0 Å². The van der Waals surface area contributed by atoms with Crippen molar-refractivity contribution in [2.24, 2.45) is 5.73 Å². The molecule has 2 aromatic carbocycles. The van der Waals surface area contributed by atoms with Crippen molar-refractivity contribution >= 4 is 22.7 Å². The van der Waals surface area contributed by atoms with E-state index in [-0.39, 0.29) is 18.1 Å². The van der Waals surface area contributed by atoms with Crippen molar-refractivity contribution in [2.75, 3.05) is 26.2 Å². The lowest BCUT2D eigenvalue weighted by molar-refractivity contribution is -0.173. The number of morpholine rings is 1. The van der Waals surface area contributed by atoms with Crippen LogP contribution in [0.25, 0.3) is 22.0 Å². The van der Waals surface area contributed by atoms with E-state index < -0.39 is 29.2 Å². The number of amides is 2. The van der Waals surface area contributed by atoms with Crippen molar-refractivity contribution in [3.63, 3.8) is 0 Å². The minimum Gasteiger partial charge on any atom is -0.368 e. The maximum absolute atomic E-state index is 15.5. The maximum atomic E-state index is 15.5. The van der Waals surface area contributed by atoms with Crippen LogP contribution < -0.4 is 5.73 Å². The first-order valence-electron chi connectivity index (χ1n) is 12.6. The molecule has 3 aromatic rings. The topological polar surface area (TPSA) is 88.8 Å². The summed E-state index contributed by atoms with van der Waals surface area (Å²) in [6, 6.07) is 10.7. The second-order valence-corrected chi connectivity index (χ2v) is 10.3. The van der Waals surface area contributed by atoms with Crippen LogP contribution in [0.15, 0.2) is 48.7 Å². The summed E-state index contributed by atoms with van der Waals surface area (Å²) < 4.78 is 36.9. The van der Waals surface area contributed by atoms with Crippen LogP contribution in [0.2, 0.25) is 0 Å². The first-order chi connectivity index (χ1) is 17.8. The number of benzene rings is 2. The third-order valence-corrected chi connectivity index (χ3v) is 7.90. The summed E-state index contributed by atoms with van der Waals surface area (Å²) in [7, 11) is 0. The number of likely N-dealkylation sites (tertiary alicyclic amines) is 1. The molecule has 0 bridgehead atoms. The van der Waals surface area contributed by atoms with Gasteiger partial charge in [0.1, 0.15) is 24.3 Å². The Balaban J connectivity index is 1.24. The van der Waals surface area contributed by atoms with E-state index in [0.717, 1.165) is 18.2 Å². The molecule has 3 aliphatic rings. The summed E-state index contributed by atoms with van der Waals surface area (Å²) in [5.41, 5.74) is 6.55. The molecule has 1 atom stereocenters. The monoisotopic (exact) mass is 506 g/mol. The molecule has 1 aliphatic carbocycles. The second kappa shape index (κ2) is 9.15. The summed E-state index contributed by atoms with van der Waals surface area (Å²) in [5.74, 6) is -2.44. The van der Waals surface area contributed by atoms with Gasteiger partial charge in [-0.3, -0.25) is 19.5 Å². The van der Waals surface area contributed by atoms with Crippen molar-refractivity contribution < 1.29 is 23.1 Å². The fraction of sp³-hybridized carbons (Fsp3) is 0.393. The van der Waals surface area contributed by atoms with E-state index in [1.165, 1.54) is 12.1 Å². The van der Waals surface area contributed by atoms with Crippen LogP contribution in [0, 0.1) is 11.6 Å². The van der Waals surface area contributed by atoms with Gasteiger partial charge in [-0.15, -0.1) is 0 Å². The summed E-state index contributed by atoms with van der Waals surface area (Å²) in [6.45, 7) is 1.31. The number of ether oxygens (including phenoxy) is 1. The Bertz CT molecular complexity index is 1360. The third-order valence-electron chi connectivity index (χ3n) is 7.90. The van der Waals surface area contributed by atoms with E-state index in [4.69, 9.17) is 10.5 Å². The van der Waals surface area contributed by atoms with Crippen molar-refractivity contribution in [1.29, 1.82) is 0 Å². The number of hydrogen-bond acceptors (Lipinski definition) is 5. The highest BCUT2D eigenvalue weighted by atomic mass is 19.1. The van der Waals surface area contributed by atoms with E-state index in [1.54, 1.807) is 23.2 Å². The molecule has 1 spiro atoms. The third kappa shape index (κ3) is 4.46. The van der Waals surface area contributed by atoms with Gasteiger partial charge in [-0.2, -0.15) is 0 Å². The number of aromatic nitrogens is 1. The van der Waals surface area contributed by atoms with Gasteiger partial charge >= 0.3 is 0 Å². The Morgan fingerprint density at radius 3 is 2.49 bits per heavy atom. The maximum Gasteiger partial charge on any atom is 0.248 e. The lowest BCUT2D eigenvalue weighted by Gasteiger charge is -2.48. The standard InChI is InChI=1S/C28H28F2N4O3/c29-21-12-19(18-4-3-17-2-1-9-32-23(17)14-18)13-22(30)25(21)26(27(31)36)33-10-7-28(8-11-33)16-34(20-5-6-20)24(35)15-37-28/h1-4,9,12-14,20,26H,5-8,10-11,15-16H2,(H2,31,36). The van der Waals surface area contributed by atoms with Gasteiger partial charge in [0.2, 0.25) is 11.8 Å². The highest BCUT2D eigenvalue weighted by Crippen LogP contribution is 2.39. The predicted octanol–water partition coefficient (Wildman–Crippen LogP) is 3.56. The van der Waals surface area contributed by atoms with Gasteiger partial charge in [0.15, 0.2) is 0 Å². The average Bonchev–Trinajstić information content (AvgIpc) is 3.73. The number of nitrogens with two attached hydrogens (primary N) is 1. The molecule has 3 heterocycles. The van der Waals surface area contributed by atoms with Gasteiger partial charge in [0, 0.05) is 30.7 Å². The number of pyridine rings is 1. The Morgan fingerprint density at radius 2 is 1.81 bits per heavy atom. The fourth-order valence-corrected chi connectivity index (χ4v) is 5.72. The molecule has 2 amide bonds. The van der Waals surface area contributed by atoms with Gasteiger partial charge in [-0.05, 0) is 61.1 Å². The molecule has 0 radical (unpaired) electrons. The largest absolute Gasteiger partial charge is 0.368 e. The highest BCUT2D eigenvalue weighted by Gasteiger charge is 2.47. The number of fused-ring (bicyclic) bond motifs is 1. The predicted molar refractivity (Wildman–Crippen MR) is 133 cm³/mol. The molecule has 7 nitrogen and oxygen atoms in total. The lowest BCUT2D eigenvalue weighted by atomic mass is 9.87. The fourth-order valence-electron chi connectivity index (χ4n) is 5.72. The van der Waals surface area contributed by atoms with Gasteiger partial charge < -0.3 is 15.4 Å². The van der Waals surface area contributed by atoms with Gasteiger partial charge in [-0.25, -0.2) is 8.78 Å². The normalized spacial score (nSPS) is 20.9. The number of hydrogen-bond donors (Lipinski definition) is 1. The second-order valence-electron chi connectivity index (χ2n) is 10.3. The number of halogens is 2. The zero-order valence-electron chi connectivity index (χ0n) is 20.3. The Kier molecular flexibility index (Phi) is 5.92. The Morgan fingerprint density at radius 1 is 1.08 bits per heavy atom. The van der Waals surface area contributed by atoms with Crippen LogP contribution in [-0.2, 0) is 14.3 Å². The minimum atomic E-state index is -1.24. The number of carbonyl (C=O) groups excluding carboxylic acids is 2. The summed E-state index contributed by atoms with van der Waals surface area (Å²) in [4.78, 5) is 32.7. The highest BCUT2D eigenvalue weighted by molar-refractivity contribution is 5.85. The molecule has 2 N–H and O–H groups in total. The number of carbonyl (C=O) groups is 2. The van der Waals surface area contributed by atoms with Crippen LogP contribution in [-0.4, -0.2) is 64.5 Å². The number of piperidine rings is 1. The Labute approximate surface area is 213 Å². The van der Waals surface area contributed by atoms with E-state index in [1.807, 2.05) is 23.1 Å². The number of rotatable bonds is 5. The molecule has 6 rings (SSSR count). The number of nitrogens with zero attached hydrogens (tertiary/aromatic N) is 3. The smallest absolute Gasteiger partial charge is 0.248 e. The first-order valence-corrected chi connectivity index (χ1v) is 12.6. The molecular formula is C28H28F2N4O3. The molecule has 1 saturated carbocycles. The molecule has 1 unspecified atom stereocenters. The zero-order valence-corrected chi connectivity index (χ0v) is 20.3. The van der Waals surface area contributed by atoms with Crippen LogP contribution in [0.1, 0.15) is 37.3 Å². The molecule has 9 heteroatoms. The van der Waals surface area contributed by atoms with Crippen LogP contribution in [0.4, 0.5) is 8.78 Å². The van der Waals surface area contributed by atoms with Crippen molar-refractivity contribution in [1.82, 2.24) is 14.8 Å². The zero-order chi connectivity index (χ0) is 25.7. The average molecular weight is 507 g/mol. The van der Waals surface area contributed by atoms with E-state index in [2.05, 4.69) is 4.98 Å². The van der Waals surface area contributed by atoms with E-state index in [0.29, 0.717) is 55.2 Å². The van der Waals surface area contributed by atoms with Crippen molar-refractivity contribution in [2.45, 2.75) is 43.4 Å². The van der Waals surface area contributed by atoms with E-state index >= 15 is 8.78 Å². The van der Waals surface area contributed by atoms with Crippen LogP contribution in [0.3, 0.4) is 0 Å². The summed E-state index contributed by atoms with van der Waals surface area (Å²) in [6.07, 6.45) is 4.78.